The molecule has 64 valence electrons. The fourth-order valence-corrected chi connectivity index (χ4v) is 1.96. The number of hydrogen-bond donors (Lipinski definition) is 0. The first-order valence-corrected chi connectivity index (χ1v) is 4.70. The molecule has 1 aliphatic heterocycles. The molecule has 0 N–H and O–H groups in total. The van der Waals surface area contributed by atoms with Crippen LogP contribution in [-0.4, -0.2) is 49.1 Å². The van der Waals surface area contributed by atoms with Crippen LogP contribution in [-0.2, 0) is 0 Å². The Morgan fingerprint density at radius 1 is 1.09 bits per heavy atom. The van der Waals surface area contributed by atoms with E-state index >= 15 is 0 Å². The second-order valence-corrected chi connectivity index (χ2v) is 4.12. The predicted octanol–water partition coefficient (Wildman–Crippen LogP) is 0.642. The Hall–Kier alpha value is -0.0800. The Bertz CT molecular complexity index is 138. The van der Waals surface area contributed by atoms with Gasteiger partial charge in [0.15, 0.2) is 0 Å². The molecule has 11 heavy (non-hydrogen) atoms. The number of hydrogen-bond acceptors (Lipinski definition) is 2. The second kappa shape index (κ2) is 2.76. The minimum Gasteiger partial charge on any atom is -0.304 e. The fraction of sp³-hybridized carbons (Fsp3) is 1.00. The molecule has 2 unspecified atom stereocenters. The summed E-state index contributed by atoms with van der Waals surface area (Å²) in [4.78, 5) is 5.08. The summed E-state index contributed by atoms with van der Waals surface area (Å²) in [6.07, 6.45) is 1.45. The van der Waals surface area contributed by atoms with Crippen molar-refractivity contribution in [3.05, 3.63) is 0 Å². The normalized spacial score (nSPS) is 40.9. The minimum absolute atomic E-state index is 0.948. The molecule has 0 radical (unpaired) electrons. The molecule has 2 fully saturated rings. The average molecular weight is 154 g/mol. The van der Waals surface area contributed by atoms with Crippen LogP contribution in [0.2, 0.25) is 0 Å². The molecule has 2 aliphatic rings. The quantitative estimate of drug-likeness (QED) is 0.547. The Balaban J connectivity index is 1.79. The Morgan fingerprint density at radius 3 is 2.09 bits per heavy atom. The number of rotatable bonds is 1. The maximum Gasteiger partial charge on any atom is 0.0126 e. The van der Waals surface area contributed by atoms with E-state index in [2.05, 4.69) is 23.8 Å². The second-order valence-electron chi connectivity index (χ2n) is 4.12. The molecule has 1 saturated heterocycles. The number of nitrogens with zero attached hydrogens (tertiary/aromatic N) is 2. The smallest absolute Gasteiger partial charge is 0.0126 e. The van der Waals surface area contributed by atoms with Crippen LogP contribution in [0.3, 0.4) is 0 Å². The summed E-state index contributed by atoms with van der Waals surface area (Å²) in [5, 5.41) is 0. The molecule has 0 amide bonds. The van der Waals surface area contributed by atoms with Gasteiger partial charge in [-0.05, 0) is 19.4 Å². The SMILES string of the molecule is CC1CC1N1CCN(C)CC1. The summed E-state index contributed by atoms with van der Waals surface area (Å²) < 4.78 is 0. The molecular weight excluding hydrogens is 136 g/mol. The van der Waals surface area contributed by atoms with Gasteiger partial charge < -0.3 is 4.90 Å². The first kappa shape index (κ1) is 7.56. The lowest BCUT2D eigenvalue weighted by atomic mass is 10.3. The van der Waals surface area contributed by atoms with Crippen molar-refractivity contribution in [2.45, 2.75) is 19.4 Å². The van der Waals surface area contributed by atoms with Crippen LogP contribution in [0.15, 0.2) is 0 Å². The summed E-state index contributed by atoms with van der Waals surface area (Å²) in [6.45, 7) is 7.49. The fourth-order valence-electron chi connectivity index (χ4n) is 1.96. The molecule has 0 aromatic rings. The summed E-state index contributed by atoms with van der Waals surface area (Å²) in [7, 11) is 2.22. The Kier molecular flexibility index (Phi) is 1.90. The summed E-state index contributed by atoms with van der Waals surface area (Å²) >= 11 is 0. The zero-order valence-corrected chi connectivity index (χ0v) is 7.58. The maximum atomic E-state index is 2.66. The molecule has 1 heterocycles. The van der Waals surface area contributed by atoms with E-state index < -0.39 is 0 Å². The average Bonchev–Trinajstić information content (AvgIpc) is 2.69. The molecule has 0 aromatic carbocycles. The standard InChI is InChI=1S/C9H18N2/c1-8-7-9(8)11-5-3-10(2)4-6-11/h8-9H,3-7H2,1-2H3. The van der Waals surface area contributed by atoms with Crippen LogP contribution < -0.4 is 0 Å². The van der Waals surface area contributed by atoms with E-state index in [4.69, 9.17) is 0 Å². The predicted molar refractivity (Wildman–Crippen MR) is 46.6 cm³/mol. The van der Waals surface area contributed by atoms with Gasteiger partial charge in [-0.1, -0.05) is 6.92 Å². The van der Waals surface area contributed by atoms with Gasteiger partial charge in [-0.3, -0.25) is 4.90 Å². The lowest BCUT2D eigenvalue weighted by Gasteiger charge is -2.32. The molecule has 2 heteroatoms. The van der Waals surface area contributed by atoms with E-state index in [0.717, 1.165) is 12.0 Å². The van der Waals surface area contributed by atoms with E-state index in [-0.39, 0.29) is 0 Å². The van der Waals surface area contributed by atoms with E-state index in [9.17, 15) is 0 Å². The van der Waals surface area contributed by atoms with Crippen molar-refractivity contribution in [1.29, 1.82) is 0 Å². The van der Waals surface area contributed by atoms with Crippen LogP contribution in [0, 0.1) is 5.92 Å². The van der Waals surface area contributed by atoms with Gasteiger partial charge in [-0.15, -0.1) is 0 Å². The van der Waals surface area contributed by atoms with Gasteiger partial charge in [0.25, 0.3) is 0 Å². The van der Waals surface area contributed by atoms with Crippen molar-refractivity contribution < 1.29 is 0 Å². The van der Waals surface area contributed by atoms with Crippen LogP contribution in [0.25, 0.3) is 0 Å². The highest BCUT2D eigenvalue weighted by Crippen LogP contribution is 2.35. The topological polar surface area (TPSA) is 6.48 Å². The van der Waals surface area contributed by atoms with Crippen LogP contribution in [0.4, 0.5) is 0 Å². The van der Waals surface area contributed by atoms with Gasteiger partial charge in [0.2, 0.25) is 0 Å². The minimum atomic E-state index is 0.948. The first-order chi connectivity index (χ1) is 5.27. The van der Waals surface area contributed by atoms with Crippen molar-refractivity contribution >= 4 is 0 Å². The molecule has 1 aliphatic carbocycles. The third kappa shape index (κ3) is 1.57. The molecule has 1 saturated carbocycles. The van der Waals surface area contributed by atoms with Crippen molar-refractivity contribution in [3.8, 4) is 0 Å². The lowest BCUT2D eigenvalue weighted by Crippen LogP contribution is -2.45. The maximum absolute atomic E-state index is 2.66. The third-order valence-electron chi connectivity index (χ3n) is 3.07. The lowest BCUT2D eigenvalue weighted by molar-refractivity contribution is 0.143. The monoisotopic (exact) mass is 154 g/mol. The molecule has 0 spiro atoms. The highest BCUT2D eigenvalue weighted by Gasteiger charge is 2.38. The molecule has 0 aromatic heterocycles. The molecule has 2 rings (SSSR count). The highest BCUT2D eigenvalue weighted by molar-refractivity contribution is 4.93. The molecule has 2 atom stereocenters. The number of likely N-dealkylation sites (N-methyl/N-ethyl adjacent to an activating group) is 1. The van der Waals surface area contributed by atoms with E-state index in [1.54, 1.807) is 0 Å². The zero-order valence-electron chi connectivity index (χ0n) is 7.58. The van der Waals surface area contributed by atoms with Crippen molar-refractivity contribution in [1.82, 2.24) is 9.80 Å². The molecule has 0 bridgehead atoms. The first-order valence-electron chi connectivity index (χ1n) is 4.70. The van der Waals surface area contributed by atoms with Gasteiger partial charge in [0.05, 0.1) is 0 Å². The van der Waals surface area contributed by atoms with Gasteiger partial charge in [0.1, 0.15) is 0 Å². The Labute approximate surface area is 69.2 Å². The van der Waals surface area contributed by atoms with Gasteiger partial charge in [-0.25, -0.2) is 0 Å². The number of piperazine rings is 1. The highest BCUT2D eigenvalue weighted by atomic mass is 15.3. The van der Waals surface area contributed by atoms with Gasteiger partial charge >= 0.3 is 0 Å². The summed E-state index contributed by atoms with van der Waals surface area (Å²) in [6, 6.07) is 0.948. The van der Waals surface area contributed by atoms with E-state index in [1.807, 2.05) is 0 Å². The van der Waals surface area contributed by atoms with Crippen LogP contribution >= 0.6 is 0 Å². The van der Waals surface area contributed by atoms with Gasteiger partial charge in [-0.2, -0.15) is 0 Å². The molecular formula is C9H18N2. The summed E-state index contributed by atoms with van der Waals surface area (Å²) in [5.41, 5.74) is 0. The Morgan fingerprint density at radius 2 is 1.64 bits per heavy atom. The van der Waals surface area contributed by atoms with E-state index in [1.165, 1.54) is 32.6 Å². The van der Waals surface area contributed by atoms with Gasteiger partial charge in [0, 0.05) is 32.2 Å². The molecule has 2 nitrogen and oxygen atoms in total. The largest absolute Gasteiger partial charge is 0.304 e. The van der Waals surface area contributed by atoms with Crippen molar-refractivity contribution in [3.63, 3.8) is 0 Å². The zero-order chi connectivity index (χ0) is 7.84. The summed E-state index contributed by atoms with van der Waals surface area (Å²) in [5.74, 6) is 0.985. The van der Waals surface area contributed by atoms with E-state index in [0.29, 0.717) is 0 Å². The third-order valence-corrected chi connectivity index (χ3v) is 3.07. The van der Waals surface area contributed by atoms with Crippen LogP contribution in [0.1, 0.15) is 13.3 Å². The van der Waals surface area contributed by atoms with Crippen molar-refractivity contribution in [2.24, 2.45) is 5.92 Å². The van der Waals surface area contributed by atoms with Crippen LogP contribution in [0.5, 0.6) is 0 Å². The van der Waals surface area contributed by atoms with Crippen molar-refractivity contribution in [2.75, 3.05) is 33.2 Å².